The minimum Gasteiger partial charge on any atom is -0.441 e. The second-order valence-electron chi connectivity index (χ2n) is 7.51. The van der Waals surface area contributed by atoms with Crippen molar-refractivity contribution in [3.05, 3.63) is 96.0 Å². The Morgan fingerprint density at radius 2 is 1.76 bits per heavy atom. The van der Waals surface area contributed by atoms with Gasteiger partial charge < -0.3 is 9.73 Å². The molecule has 1 aromatic heterocycles. The number of aryl methyl sites for hydroxylation is 1. The number of halogens is 1. The van der Waals surface area contributed by atoms with Gasteiger partial charge in [-0.3, -0.25) is 9.10 Å². The zero-order chi connectivity index (χ0) is 24.1. The molecule has 0 aliphatic rings. The van der Waals surface area contributed by atoms with E-state index in [0.717, 1.165) is 5.56 Å². The number of aromatic nitrogens is 1. The lowest BCUT2D eigenvalue weighted by molar-refractivity contribution is -0.116. The van der Waals surface area contributed by atoms with E-state index in [1.165, 1.54) is 23.5 Å². The Labute approximate surface area is 203 Å². The van der Waals surface area contributed by atoms with Crippen LogP contribution in [-0.2, 0) is 21.2 Å². The third kappa shape index (κ3) is 5.47. The number of para-hydroxylation sites is 1. The molecular weight excluding hydrogens is 474 g/mol. The first-order valence-electron chi connectivity index (χ1n) is 10.5. The quantitative estimate of drug-likeness (QED) is 0.353. The predicted octanol–water partition coefficient (Wildman–Crippen LogP) is 5.39. The molecule has 1 amide bonds. The number of benzene rings is 3. The van der Waals surface area contributed by atoms with Crippen molar-refractivity contribution in [1.29, 1.82) is 0 Å². The molecule has 0 bridgehead atoms. The summed E-state index contributed by atoms with van der Waals surface area (Å²) in [6.45, 7) is 0. The molecule has 4 rings (SSSR count). The van der Waals surface area contributed by atoms with Gasteiger partial charge in [-0.2, -0.15) is 0 Å². The van der Waals surface area contributed by atoms with E-state index in [1.54, 1.807) is 54.7 Å². The average Bonchev–Trinajstić information content (AvgIpc) is 3.32. The summed E-state index contributed by atoms with van der Waals surface area (Å²) in [7, 11) is -2.29. The summed E-state index contributed by atoms with van der Waals surface area (Å²) in [5.74, 6) is 0.741. The molecule has 0 fully saturated rings. The van der Waals surface area contributed by atoms with Gasteiger partial charge in [0.1, 0.15) is 0 Å². The van der Waals surface area contributed by atoms with Crippen LogP contribution in [0, 0.1) is 0 Å². The molecule has 0 atom stereocenters. The van der Waals surface area contributed by atoms with Gasteiger partial charge in [-0.1, -0.05) is 35.9 Å². The molecular formula is C25H22ClN3O4S. The van der Waals surface area contributed by atoms with Crippen LogP contribution in [0.4, 0.5) is 11.4 Å². The van der Waals surface area contributed by atoms with Crippen LogP contribution >= 0.6 is 11.6 Å². The van der Waals surface area contributed by atoms with Crippen molar-refractivity contribution >= 4 is 38.9 Å². The van der Waals surface area contributed by atoms with Crippen LogP contribution in [0.3, 0.4) is 0 Å². The molecule has 0 aliphatic heterocycles. The summed E-state index contributed by atoms with van der Waals surface area (Å²) in [5, 5.41) is 3.37. The van der Waals surface area contributed by atoms with Gasteiger partial charge in [0.2, 0.25) is 5.91 Å². The van der Waals surface area contributed by atoms with Crippen molar-refractivity contribution in [1.82, 2.24) is 4.98 Å². The number of nitrogens with one attached hydrogen (secondary N) is 1. The Hall–Kier alpha value is -3.62. The molecule has 7 nitrogen and oxygen atoms in total. The van der Waals surface area contributed by atoms with Gasteiger partial charge in [-0.25, -0.2) is 13.4 Å². The number of hydrogen-bond acceptors (Lipinski definition) is 5. The Morgan fingerprint density at radius 3 is 2.50 bits per heavy atom. The van der Waals surface area contributed by atoms with Crippen LogP contribution in [0.2, 0.25) is 5.02 Å². The lowest BCUT2D eigenvalue weighted by Crippen LogP contribution is -2.26. The van der Waals surface area contributed by atoms with E-state index in [2.05, 4.69) is 10.3 Å². The van der Waals surface area contributed by atoms with Crippen molar-refractivity contribution < 1.29 is 17.6 Å². The van der Waals surface area contributed by atoms with E-state index in [4.69, 9.17) is 16.0 Å². The number of nitrogens with zero attached hydrogens (tertiary/aromatic N) is 2. The summed E-state index contributed by atoms with van der Waals surface area (Å²) in [4.78, 5) is 16.8. The van der Waals surface area contributed by atoms with Crippen LogP contribution < -0.4 is 9.62 Å². The number of amides is 1. The third-order valence-corrected chi connectivity index (χ3v) is 7.18. The van der Waals surface area contributed by atoms with Crippen molar-refractivity contribution in [3.63, 3.8) is 0 Å². The molecule has 4 aromatic rings. The lowest BCUT2D eigenvalue weighted by atomic mass is 10.2. The summed E-state index contributed by atoms with van der Waals surface area (Å²) in [5.41, 5.74) is 1.77. The monoisotopic (exact) mass is 495 g/mol. The highest BCUT2D eigenvalue weighted by Gasteiger charge is 2.21. The molecule has 0 saturated carbocycles. The van der Waals surface area contributed by atoms with Gasteiger partial charge in [0, 0.05) is 36.2 Å². The first-order chi connectivity index (χ1) is 16.3. The highest BCUT2D eigenvalue weighted by molar-refractivity contribution is 7.92. The van der Waals surface area contributed by atoms with Gasteiger partial charge in [0.05, 0.1) is 16.8 Å². The summed E-state index contributed by atoms with van der Waals surface area (Å²) >= 11 is 5.91. The highest BCUT2D eigenvalue weighted by Crippen LogP contribution is 2.25. The van der Waals surface area contributed by atoms with Gasteiger partial charge >= 0.3 is 0 Å². The van der Waals surface area contributed by atoms with E-state index in [0.29, 0.717) is 34.5 Å². The number of sulfonamides is 1. The second-order valence-corrected chi connectivity index (χ2v) is 9.91. The molecule has 3 aromatic carbocycles. The third-order valence-electron chi connectivity index (χ3n) is 5.14. The number of oxazole rings is 1. The topological polar surface area (TPSA) is 92.5 Å². The van der Waals surface area contributed by atoms with Crippen LogP contribution in [0.5, 0.6) is 0 Å². The SMILES string of the molecule is CN(c1ccccc1)S(=O)(=O)c1cccc(NC(=O)CCc2ncc(-c3ccc(Cl)cc3)o2)c1. The van der Waals surface area contributed by atoms with Crippen molar-refractivity contribution in [3.8, 4) is 11.3 Å². The van der Waals surface area contributed by atoms with Crippen molar-refractivity contribution in [2.75, 3.05) is 16.7 Å². The zero-order valence-electron chi connectivity index (χ0n) is 18.3. The fourth-order valence-corrected chi connectivity index (χ4v) is 4.65. The van der Waals surface area contributed by atoms with E-state index in [1.807, 2.05) is 18.2 Å². The maximum atomic E-state index is 13.0. The van der Waals surface area contributed by atoms with Gasteiger partial charge in [0.15, 0.2) is 11.7 Å². The average molecular weight is 496 g/mol. The molecule has 34 heavy (non-hydrogen) atoms. The second kappa shape index (κ2) is 10.1. The molecule has 0 saturated heterocycles. The van der Waals surface area contributed by atoms with Gasteiger partial charge in [0.25, 0.3) is 10.0 Å². The molecule has 0 unspecified atom stereocenters. The summed E-state index contributed by atoms with van der Waals surface area (Å²) in [6.07, 6.45) is 2.03. The predicted molar refractivity (Wildman–Crippen MR) is 132 cm³/mol. The van der Waals surface area contributed by atoms with Crippen LogP contribution in [0.15, 0.2) is 94.4 Å². The molecule has 9 heteroatoms. The lowest BCUT2D eigenvalue weighted by Gasteiger charge is -2.19. The normalized spacial score (nSPS) is 11.2. The molecule has 0 spiro atoms. The number of carbonyl (C=O) groups excluding carboxylic acids is 1. The zero-order valence-corrected chi connectivity index (χ0v) is 19.9. The number of rotatable bonds is 8. The standard InChI is InChI=1S/C25H22ClN3O4S/c1-29(21-7-3-2-4-8-21)34(31,32)22-9-5-6-20(16-22)28-24(30)14-15-25-27-17-23(33-25)18-10-12-19(26)13-11-18/h2-13,16-17H,14-15H2,1H3,(H,28,30). The molecule has 1 N–H and O–H groups in total. The van der Waals surface area contributed by atoms with E-state index < -0.39 is 10.0 Å². The Balaban J connectivity index is 1.39. The van der Waals surface area contributed by atoms with E-state index in [9.17, 15) is 13.2 Å². The number of anilines is 2. The maximum absolute atomic E-state index is 13.0. The molecule has 0 radical (unpaired) electrons. The van der Waals surface area contributed by atoms with E-state index in [-0.39, 0.29) is 17.2 Å². The fourth-order valence-electron chi connectivity index (χ4n) is 3.29. The molecule has 1 heterocycles. The van der Waals surface area contributed by atoms with Gasteiger partial charge in [-0.15, -0.1) is 0 Å². The first-order valence-corrected chi connectivity index (χ1v) is 12.3. The summed E-state index contributed by atoms with van der Waals surface area (Å²) in [6, 6.07) is 22.1. The maximum Gasteiger partial charge on any atom is 0.264 e. The van der Waals surface area contributed by atoms with Crippen LogP contribution in [0.1, 0.15) is 12.3 Å². The smallest absolute Gasteiger partial charge is 0.264 e. The minimum absolute atomic E-state index is 0.0805. The minimum atomic E-state index is -3.78. The van der Waals surface area contributed by atoms with Crippen LogP contribution in [0.25, 0.3) is 11.3 Å². The van der Waals surface area contributed by atoms with Crippen molar-refractivity contribution in [2.24, 2.45) is 0 Å². The number of hydrogen-bond donors (Lipinski definition) is 1. The Morgan fingerprint density at radius 1 is 1.03 bits per heavy atom. The van der Waals surface area contributed by atoms with Gasteiger partial charge in [-0.05, 0) is 54.6 Å². The molecule has 0 aliphatic carbocycles. The Bertz CT molecular complexity index is 1390. The van der Waals surface area contributed by atoms with E-state index >= 15 is 0 Å². The first kappa shape index (κ1) is 23.5. The summed E-state index contributed by atoms with van der Waals surface area (Å²) < 4.78 is 32.9. The largest absolute Gasteiger partial charge is 0.441 e. The van der Waals surface area contributed by atoms with Crippen molar-refractivity contribution in [2.45, 2.75) is 17.7 Å². The van der Waals surface area contributed by atoms with Crippen LogP contribution in [-0.4, -0.2) is 26.4 Å². The Kier molecular flexibility index (Phi) is 7.00. The fraction of sp³-hybridized carbons (Fsp3) is 0.120. The number of carbonyl (C=O) groups is 1. The highest BCUT2D eigenvalue weighted by atomic mass is 35.5. The molecule has 174 valence electrons.